The van der Waals surface area contributed by atoms with Crippen molar-refractivity contribution in [1.82, 2.24) is 19.9 Å². The van der Waals surface area contributed by atoms with Gasteiger partial charge >= 0.3 is 0 Å². The molecule has 0 spiro atoms. The molecule has 8 nitrogen and oxygen atoms in total. The lowest BCUT2D eigenvalue weighted by Crippen LogP contribution is -2.15. The number of hydrogen-bond donors (Lipinski definition) is 4. The zero-order valence-electron chi connectivity index (χ0n) is 17.9. The van der Waals surface area contributed by atoms with Crippen molar-refractivity contribution in [2.24, 2.45) is 0 Å². The van der Waals surface area contributed by atoms with Crippen LogP contribution in [0.3, 0.4) is 0 Å². The summed E-state index contributed by atoms with van der Waals surface area (Å²) in [6, 6.07) is 21.4. The number of aromatic nitrogens is 4. The molecule has 3 aromatic carbocycles. The Bertz CT molecular complexity index is 1300. The Morgan fingerprint density at radius 2 is 1.06 bits per heavy atom. The molecular weight excluding hydrogens is 428 g/mol. The Labute approximate surface area is 195 Å². The summed E-state index contributed by atoms with van der Waals surface area (Å²) in [5.74, 6) is -0.597. The lowest BCUT2D eigenvalue weighted by molar-refractivity contribution is 0.102. The van der Waals surface area contributed by atoms with Crippen LogP contribution in [0.5, 0.6) is 0 Å². The number of carbonyl (C=O) groups is 2. The molecule has 0 fully saturated rings. The van der Waals surface area contributed by atoms with Crippen LogP contribution in [0, 0.1) is 0 Å². The summed E-state index contributed by atoms with van der Waals surface area (Å²) in [5, 5.41) is 5.72. The average molecular weight is 448 g/mol. The van der Waals surface area contributed by atoms with Crippen molar-refractivity contribution in [1.29, 1.82) is 0 Å². The first-order valence-electron chi connectivity index (χ1n) is 10.6. The Balaban J connectivity index is 1.24. The molecule has 166 valence electrons. The zero-order chi connectivity index (χ0) is 23.3. The van der Waals surface area contributed by atoms with Crippen LogP contribution in [-0.2, 0) is 0 Å². The van der Waals surface area contributed by atoms with Gasteiger partial charge in [0.15, 0.2) is 0 Å². The minimum Gasteiger partial charge on any atom is -0.345 e. The van der Waals surface area contributed by atoms with Gasteiger partial charge in [-0.05, 0) is 53.6 Å². The SMILES string of the molecule is O=C(Nc1ccc(-c2cnc[nH]2)cc1)c1cccc(C(=O)Nc2ccc(-c3cnc[nH]3)cc2)c1. The number of H-pyrrole nitrogens is 2. The smallest absolute Gasteiger partial charge is 0.255 e. The molecule has 0 aliphatic heterocycles. The van der Waals surface area contributed by atoms with Crippen LogP contribution < -0.4 is 10.6 Å². The molecule has 34 heavy (non-hydrogen) atoms. The van der Waals surface area contributed by atoms with Crippen molar-refractivity contribution >= 4 is 23.2 Å². The van der Waals surface area contributed by atoms with Crippen LogP contribution in [0.4, 0.5) is 11.4 Å². The number of benzene rings is 3. The van der Waals surface area contributed by atoms with Gasteiger partial charge in [-0.3, -0.25) is 9.59 Å². The van der Waals surface area contributed by atoms with E-state index in [0.717, 1.165) is 22.5 Å². The van der Waals surface area contributed by atoms with E-state index in [2.05, 4.69) is 30.6 Å². The topological polar surface area (TPSA) is 116 Å². The van der Waals surface area contributed by atoms with Gasteiger partial charge in [-0.2, -0.15) is 0 Å². The van der Waals surface area contributed by atoms with Crippen LogP contribution in [0.15, 0.2) is 97.8 Å². The fourth-order valence-corrected chi connectivity index (χ4v) is 3.50. The van der Waals surface area contributed by atoms with Gasteiger partial charge in [-0.15, -0.1) is 0 Å². The molecule has 0 aliphatic rings. The summed E-state index contributed by atoms with van der Waals surface area (Å²) >= 11 is 0. The minimum atomic E-state index is -0.298. The Morgan fingerprint density at radius 3 is 1.44 bits per heavy atom. The highest BCUT2D eigenvalue weighted by molar-refractivity contribution is 6.08. The van der Waals surface area contributed by atoms with E-state index in [1.165, 1.54) is 0 Å². The molecule has 0 atom stereocenters. The number of hydrogen-bond acceptors (Lipinski definition) is 4. The molecule has 0 unspecified atom stereocenters. The van der Waals surface area contributed by atoms with E-state index in [-0.39, 0.29) is 11.8 Å². The number of aromatic amines is 2. The van der Waals surface area contributed by atoms with Crippen LogP contribution in [0.2, 0.25) is 0 Å². The lowest BCUT2D eigenvalue weighted by atomic mass is 10.1. The first-order valence-corrected chi connectivity index (χ1v) is 10.6. The minimum absolute atomic E-state index is 0.298. The highest BCUT2D eigenvalue weighted by atomic mass is 16.2. The predicted octanol–water partition coefficient (Wildman–Crippen LogP) is 4.97. The Kier molecular flexibility index (Phi) is 5.69. The highest BCUT2D eigenvalue weighted by Gasteiger charge is 2.12. The zero-order valence-corrected chi connectivity index (χ0v) is 17.9. The van der Waals surface area contributed by atoms with Gasteiger partial charge in [-0.25, -0.2) is 9.97 Å². The second-order valence-electron chi connectivity index (χ2n) is 7.57. The molecule has 5 rings (SSSR count). The lowest BCUT2D eigenvalue weighted by Gasteiger charge is -2.09. The monoisotopic (exact) mass is 448 g/mol. The third-order valence-electron chi connectivity index (χ3n) is 5.29. The van der Waals surface area contributed by atoms with E-state index >= 15 is 0 Å². The Hall–Kier alpha value is -4.98. The molecule has 8 heteroatoms. The second-order valence-corrected chi connectivity index (χ2v) is 7.57. The Morgan fingerprint density at radius 1 is 0.618 bits per heavy atom. The third-order valence-corrected chi connectivity index (χ3v) is 5.29. The number of rotatable bonds is 6. The number of anilines is 2. The number of carbonyl (C=O) groups excluding carboxylic acids is 2. The van der Waals surface area contributed by atoms with E-state index in [0.29, 0.717) is 22.5 Å². The van der Waals surface area contributed by atoms with Crippen molar-refractivity contribution in [2.75, 3.05) is 10.6 Å². The molecule has 0 aliphatic carbocycles. The van der Waals surface area contributed by atoms with E-state index in [1.807, 2.05) is 48.5 Å². The van der Waals surface area contributed by atoms with E-state index < -0.39 is 0 Å². The molecule has 2 heterocycles. The summed E-state index contributed by atoms with van der Waals surface area (Å²) in [4.78, 5) is 39.6. The average Bonchev–Trinajstić information content (AvgIpc) is 3.60. The van der Waals surface area contributed by atoms with Crippen molar-refractivity contribution in [2.45, 2.75) is 0 Å². The van der Waals surface area contributed by atoms with Gasteiger partial charge < -0.3 is 20.6 Å². The number of amides is 2. The number of nitrogens with one attached hydrogen (secondary N) is 4. The molecule has 2 amide bonds. The summed E-state index contributed by atoms with van der Waals surface area (Å²) < 4.78 is 0. The van der Waals surface area contributed by atoms with E-state index in [9.17, 15) is 9.59 Å². The number of imidazole rings is 2. The van der Waals surface area contributed by atoms with Crippen molar-refractivity contribution < 1.29 is 9.59 Å². The predicted molar refractivity (Wildman–Crippen MR) is 130 cm³/mol. The quantitative estimate of drug-likeness (QED) is 0.293. The molecule has 0 saturated heterocycles. The molecule has 2 aromatic heterocycles. The van der Waals surface area contributed by atoms with Crippen LogP contribution in [0.1, 0.15) is 20.7 Å². The summed E-state index contributed by atoms with van der Waals surface area (Å²) in [6.45, 7) is 0. The molecular formula is C26H20N6O2. The van der Waals surface area contributed by atoms with Gasteiger partial charge in [-0.1, -0.05) is 30.3 Å². The van der Waals surface area contributed by atoms with Gasteiger partial charge in [0, 0.05) is 22.5 Å². The van der Waals surface area contributed by atoms with Crippen molar-refractivity contribution in [3.8, 4) is 22.5 Å². The largest absolute Gasteiger partial charge is 0.345 e. The summed E-state index contributed by atoms with van der Waals surface area (Å²) in [6.07, 6.45) is 6.70. The maximum absolute atomic E-state index is 12.7. The van der Waals surface area contributed by atoms with Gasteiger partial charge in [0.1, 0.15) is 0 Å². The maximum Gasteiger partial charge on any atom is 0.255 e. The van der Waals surface area contributed by atoms with Crippen LogP contribution in [-0.4, -0.2) is 31.8 Å². The summed E-state index contributed by atoms with van der Waals surface area (Å²) in [5.41, 5.74) is 5.80. The standard InChI is InChI=1S/C26H20N6O2/c33-25(31-21-8-4-17(5-9-21)23-13-27-15-29-23)19-2-1-3-20(12-19)26(34)32-22-10-6-18(7-11-22)24-14-28-16-30-24/h1-16H,(H,27,29)(H,28,30)(H,31,33)(H,32,34). The molecule has 0 radical (unpaired) electrons. The van der Waals surface area contributed by atoms with Crippen molar-refractivity contribution in [3.05, 3.63) is 109 Å². The van der Waals surface area contributed by atoms with Crippen LogP contribution >= 0.6 is 0 Å². The van der Waals surface area contributed by atoms with Gasteiger partial charge in [0.2, 0.25) is 0 Å². The molecule has 0 saturated carbocycles. The third kappa shape index (κ3) is 4.61. The molecule has 5 aromatic rings. The first kappa shape index (κ1) is 20.9. The fraction of sp³-hybridized carbons (Fsp3) is 0. The fourth-order valence-electron chi connectivity index (χ4n) is 3.50. The van der Waals surface area contributed by atoms with Gasteiger partial charge in [0.05, 0.1) is 36.4 Å². The first-order chi connectivity index (χ1) is 16.7. The van der Waals surface area contributed by atoms with Crippen molar-refractivity contribution in [3.63, 3.8) is 0 Å². The molecule has 0 bridgehead atoms. The normalized spacial score (nSPS) is 10.6. The molecule has 4 N–H and O–H groups in total. The van der Waals surface area contributed by atoms with Crippen LogP contribution in [0.25, 0.3) is 22.5 Å². The highest BCUT2D eigenvalue weighted by Crippen LogP contribution is 2.21. The maximum atomic E-state index is 12.7. The second kappa shape index (κ2) is 9.25. The van der Waals surface area contributed by atoms with E-state index in [1.54, 1.807) is 49.3 Å². The number of nitrogens with zero attached hydrogens (tertiary/aromatic N) is 2. The summed E-state index contributed by atoms with van der Waals surface area (Å²) in [7, 11) is 0. The van der Waals surface area contributed by atoms with E-state index in [4.69, 9.17) is 0 Å². The van der Waals surface area contributed by atoms with Gasteiger partial charge in [0.25, 0.3) is 11.8 Å².